The van der Waals surface area contributed by atoms with Crippen LogP contribution in [0.1, 0.15) is 141 Å². The molecule has 2 heterocycles. The SMILES string of the molecule is CCCC(CC(=O)CC1CC1)CC(=O)[C@@H]1[C@H]2CCC[C@H]2CN1C(=O)[C@@H](NC(=O)[C@@H](CC(=O)c1cnccn1)C1CCCCC1)C(C)(C)C. The summed E-state index contributed by atoms with van der Waals surface area (Å²) in [6, 6.07) is -1.36. The first-order valence-electron chi connectivity index (χ1n) is 18.9. The molecule has 3 aliphatic carbocycles. The van der Waals surface area contributed by atoms with Gasteiger partial charge < -0.3 is 10.2 Å². The average molecular weight is 663 g/mol. The van der Waals surface area contributed by atoms with E-state index in [0.29, 0.717) is 31.7 Å². The van der Waals surface area contributed by atoms with Crippen LogP contribution in [-0.2, 0) is 19.2 Å². The van der Waals surface area contributed by atoms with Crippen LogP contribution in [0.5, 0.6) is 0 Å². The number of amides is 2. The zero-order valence-electron chi connectivity index (χ0n) is 29.8. The molecule has 9 heteroatoms. The van der Waals surface area contributed by atoms with E-state index in [1.54, 1.807) is 4.90 Å². The lowest BCUT2D eigenvalue weighted by molar-refractivity contribution is -0.145. The van der Waals surface area contributed by atoms with Gasteiger partial charge in [0.05, 0.1) is 12.2 Å². The van der Waals surface area contributed by atoms with Crippen molar-refractivity contribution in [3.05, 3.63) is 24.3 Å². The molecular weight excluding hydrogens is 604 g/mol. The Hall–Kier alpha value is -2.97. The molecule has 4 fully saturated rings. The van der Waals surface area contributed by atoms with E-state index in [2.05, 4.69) is 22.2 Å². The monoisotopic (exact) mass is 662 g/mol. The molecule has 0 spiro atoms. The van der Waals surface area contributed by atoms with E-state index in [0.717, 1.165) is 77.0 Å². The van der Waals surface area contributed by atoms with E-state index in [-0.39, 0.29) is 65.0 Å². The number of rotatable bonds is 16. The standard InChI is InChI=1S/C39H58N4O5/c1-5-10-26(20-29(44)19-25-15-16-25)21-34(46)35-30-14-9-13-28(30)24-43(35)38(48)36(39(2,3)4)42-37(47)31(27-11-7-6-8-12-27)22-33(45)32-23-40-17-18-41-32/h17-18,23,25-28,30-31,35-36H,5-16,19-22,24H2,1-4H3,(H,42,47)/t26?,28-,30-,31-,35-,36+/m0/s1. The van der Waals surface area contributed by atoms with Gasteiger partial charge in [-0.3, -0.25) is 29.0 Å². The number of hydrogen-bond acceptors (Lipinski definition) is 7. The number of nitrogens with one attached hydrogen (secondary N) is 1. The highest BCUT2D eigenvalue weighted by Crippen LogP contribution is 2.44. The van der Waals surface area contributed by atoms with Crippen molar-refractivity contribution in [2.45, 2.75) is 143 Å². The summed E-state index contributed by atoms with van der Waals surface area (Å²) >= 11 is 0. The molecule has 0 radical (unpaired) electrons. The molecule has 1 unspecified atom stereocenters. The number of fused-ring (bicyclic) bond motifs is 1. The van der Waals surface area contributed by atoms with Crippen molar-refractivity contribution in [1.82, 2.24) is 20.2 Å². The second-order valence-electron chi connectivity index (χ2n) is 16.5. The summed E-state index contributed by atoms with van der Waals surface area (Å²) in [5.74, 6) is 0.0630. The predicted molar refractivity (Wildman–Crippen MR) is 184 cm³/mol. The van der Waals surface area contributed by atoms with Crippen LogP contribution >= 0.6 is 0 Å². The van der Waals surface area contributed by atoms with E-state index in [1.807, 2.05) is 20.8 Å². The fourth-order valence-electron chi connectivity index (χ4n) is 8.91. The molecule has 4 aliphatic rings. The molecule has 1 N–H and O–H groups in total. The Morgan fingerprint density at radius 3 is 2.31 bits per heavy atom. The van der Waals surface area contributed by atoms with Crippen molar-refractivity contribution in [3.63, 3.8) is 0 Å². The molecule has 1 saturated heterocycles. The summed E-state index contributed by atoms with van der Waals surface area (Å²) in [4.78, 5) is 79.2. The molecule has 6 atom stereocenters. The van der Waals surface area contributed by atoms with E-state index in [1.165, 1.54) is 18.6 Å². The number of hydrogen-bond donors (Lipinski definition) is 1. The van der Waals surface area contributed by atoms with Gasteiger partial charge in [-0.2, -0.15) is 0 Å². The smallest absolute Gasteiger partial charge is 0.246 e. The molecule has 1 aliphatic heterocycles. The van der Waals surface area contributed by atoms with Crippen LogP contribution in [0.2, 0.25) is 0 Å². The van der Waals surface area contributed by atoms with Gasteiger partial charge in [0, 0.05) is 50.5 Å². The Morgan fingerprint density at radius 2 is 1.67 bits per heavy atom. The zero-order valence-corrected chi connectivity index (χ0v) is 29.8. The molecular formula is C39H58N4O5. The number of carbonyl (C=O) groups is 5. The van der Waals surface area contributed by atoms with Gasteiger partial charge in [0.1, 0.15) is 17.5 Å². The highest BCUT2D eigenvalue weighted by molar-refractivity contribution is 5.98. The van der Waals surface area contributed by atoms with E-state index in [9.17, 15) is 24.0 Å². The van der Waals surface area contributed by atoms with Gasteiger partial charge in [0.25, 0.3) is 0 Å². The van der Waals surface area contributed by atoms with Crippen molar-refractivity contribution in [2.75, 3.05) is 6.54 Å². The molecule has 264 valence electrons. The van der Waals surface area contributed by atoms with E-state index >= 15 is 0 Å². The largest absolute Gasteiger partial charge is 0.344 e. The van der Waals surface area contributed by atoms with Crippen molar-refractivity contribution in [2.24, 2.45) is 40.9 Å². The summed E-state index contributed by atoms with van der Waals surface area (Å²) in [5.41, 5.74) is -0.375. The maximum atomic E-state index is 14.7. The lowest BCUT2D eigenvalue weighted by atomic mass is 9.76. The summed E-state index contributed by atoms with van der Waals surface area (Å²) < 4.78 is 0. The van der Waals surface area contributed by atoms with Gasteiger partial charge >= 0.3 is 0 Å². The van der Waals surface area contributed by atoms with Crippen molar-refractivity contribution in [3.8, 4) is 0 Å². The van der Waals surface area contributed by atoms with Gasteiger partial charge in [0.2, 0.25) is 11.8 Å². The van der Waals surface area contributed by atoms with Gasteiger partial charge in [-0.05, 0) is 80.0 Å². The summed E-state index contributed by atoms with van der Waals surface area (Å²) in [7, 11) is 0. The van der Waals surface area contributed by atoms with Crippen LogP contribution in [0.15, 0.2) is 18.6 Å². The van der Waals surface area contributed by atoms with Crippen molar-refractivity contribution in [1.29, 1.82) is 0 Å². The molecule has 3 saturated carbocycles. The van der Waals surface area contributed by atoms with Crippen molar-refractivity contribution < 1.29 is 24.0 Å². The fourth-order valence-corrected chi connectivity index (χ4v) is 8.91. The van der Waals surface area contributed by atoms with Crippen molar-refractivity contribution >= 4 is 29.2 Å². The van der Waals surface area contributed by atoms with Crippen LogP contribution < -0.4 is 5.32 Å². The molecule has 0 aromatic carbocycles. The molecule has 5 rings (SSSR count). The zero-order chi connectivity index (χ0) is 34.4. The van der Waals surface area contributed by atoms with Gasteiger partial charge in [-0.25, -0.2) is 4.98 Å². The summed E-state index contributed by atoms with van der Waals surface area (Å²) in [5, 5.41) is 3.15. The lowest BCUT2D eigenvalue weighted by Gasteiger charge is -2.38. The number of nitrogens with zero attached hydrogens (tertiary/aromatic N) is 3. The lowest BCUT2D eigenvalue weighted by Crippen LogP contribution is -2.58. The van der Waals surface area contributed by atoms with Gasteiger partial charge in [0.15, 0.2) is 11.6 Å². The topological polar surface area (TPSA) is 126 Å². The normalized spacial score (nSPS) is 24.8. The van der Waals surface area contributed by atoms with Crippen LogP contribution in [-0.4, -0.2) is 62.7 Å². The fraction of sp³-hybridized carbons (Fsp3) is 0.769. The number of ketones is 3. The number of carbonyl (C=O) groups excluding carboxylic acids is 5. The Morgan fingerprint density at radius 1 is 0.917 bits per heavy atom. The minimum absolute atomic E-state index is 0.00682. The Bertz CT molecular complexity index is 1300. The highest BCUT2D eigenvalue weighted by atomic mass is 16.2. The second-order valence-corrected chi connectivity index (χ2v) is 16.5. The molecule has 48 heavy (non-hydrogen) atoms. The Kier molecular flexibility index (Phi) is 12.2. The van der Waals surface area contributed by atoms with Gasteiger partial charge in [-0.1, -0.05) is 59.8 Å². The molecule has 2 amide bonds. The third kappa shape index (κ3) is 9.17. The average Bonchev–Trinajstić information content (AvgIpc) is 3.62. The maximum Gasteiger partial charge on any atom is 0.246 e. The number of Topliss-reactive ketones (excluding diaryl/α,β-unsaturated/α-hetero) is 3. The summed E-state index contributed by atoms with van der Waals surface area (Å²) in [6.07, 6.45) is 17.7. The Balaban J connectivity index is 1.34. The third-order valence-corrected chi connectivity index (χ3v) is 11.6. The molecule has 9 nitrogen and oxygen atoms in total. The van der Waals surface area contributed by atoms with Gasteiger partial charge in [-0.15, -0.1) is 0 Å². The minimum atomic E-state index is -0.844. The number of aromatic nitrogens is 2. The first-order valence-corrected chi connectivity index (χ1v) is 18.9. The number of likely N-dealkylation sites (tertiary alicyclic amines) is 1. The molecule has 0 bridgehead atoms. The minimum Gasteiger partial charge on any atom is -0.344 e. The second kappa shape index (κ2) is 16.2. The molecule has 1 aromatic heterocycles. The predicted octanol–water partition coefficient (Wildman–Crippen LogP) is 6.54. The highest BCUT2D eigenvalue weighted by Gasteiger charge is 2.52. The third-order valence-electron chi connectivity index (χ3n) is 11.6. The first-order chi connectivity index (χ1) is 23.0. The van der Waals surface area contributed by atoms with Crippen LogP contribution in [0.3, 0.4) is 0 Å². The molecule has 1 aromatic rings. The van der Waals surface area contributed by atoms with E-state index < -0.39 is 23.4 Å². The maximum absolute atomic E-state index is 14.7. The first kappa shape index (κ1) is 36.3. The van der Waals surface area contributed by atoms with Crippen LogP contribution in [0, 0.1) is 40.9 Å². The van der Waals surface area contributed by atoms with Crippen LogP contribution in [0.25, 0.3) is 0 Å². The Labute approximate surface area is 287 Å². The van der Waals surface area contributed by atoms with E-state index in [4.69, 9.17) is 0 Å². The quantitative estimate of drug-likeness (QED) is 0.199. The summed E-state index contributed by atoms with van der Waals surface area (Å²) in [6.45, 7) is 8.48. The van der Waals surface area contributed by atoms with Crippen LogP contribution in [0.4, 0.5) is 0 Å².